The van der Waals surface area contributed by atoms with Gasteiger partial charge in [0.25, 0.3) is 5.56 Å². The minimum atomic E-state index is -4.92. The van der Waals surface area contributed by atoms with Crippen LogP contribution in [0.25, 0.3) is 0 Å². The van der Waals surface area contributed by atoms with Crippen molar-refractivity contribution in [2.45, 2.75) is 17.4 Å². The fourth-order valence-electron chi connectivity index (χ4n) is 2.84. The van der Waals surface area contributed by atoms with E-state index in [9.17, 15) is 39.6 Å². The van der Waals surface area contributed by atoms with Crippen molar-refractivity contribution in [3.8, 4) is 5.75 Å². The van der Waals surface area contributed by atoms with E-state index in [2.05, 4.69) is 14.7 Å². The Labute approximate surface area is 171 Å². The average Bonchev–Trinajstić information content (AvgIpc) is 2.66. The Morgan fingerprint density at radius 3 is 2.06 bits per heavy atom. The Hall–Kier alpha value is -2.81. The maximum atomic E-state index is 12.8. The highest BCUT2D eigenvalue weighted by atomic mass is 32.2. The maximum Gasteiger partial charge on any atom is 0.573 e. The molecule has 0 amide bonds. The Morgan fingerprint density at radius 1 is 0.968 bits per heavy atom. The van der Waals surface area contributed by atoms with Crippen molar-refractivity contribution in [1.29, 1.82) is 0 Å². The number of alkyl halides is 6. The molecule has 0 bridgehead atoms. The molecule has 1 N–H and O–H groups in total. The zero-order chi connectivity index (χ0) is 23.0. The second kappa shape index (κ2) is 8.03. The van der Waals surface area contributed by atoms with E-state index in [0.29, 0.717) is 6.07 Å². The first-order valence-electron chi connectivity index (χ1n) is 8.55. The van der Waals surface area contributed by atoms with Crippen LogP contribution in [0.15, 0.2) is 40.0 Å². The minimum absolute atomic E-state index is 0.0707. The summed E-state index contributed by atoms with van der Waals surface area (Å²) in [6.45, 7) is -0.441. The number of hydrogen-bond acceptors (Lipinski definition) is 6. The second-order valence-electron chi connectivity index (χ2n) is 6.36. The van der Waals surface area contributed by atoms with E-state index in [-0.39, 0.29) is 37.0 Å². The van der Waals surface area contributed by atoms with Gasteiger partial charge in [-0.15, -0.1) is 13.2 Å². The monoisotopic (exact) mass is 472 g/mol. The van der Waals surface area contributed by atoms with Crippen LogP contribution in [-0.2, 0) is 16.2 Å². The molecule has 0 radical (unpaired) electrons. The third-order valence-corrected chi connectivity index (χ3v) is 6.17. The van der Waals surface area contributed by atoms with Gasteiger partial charge < -0.3 is 9.64 Å². The van der Waals surface area contributed by atoms with Crippen molar-refractivity contribution in [3.63, 3.8) is 0 Å². The van der Waals surface area contributed by atoms with Crippen molar-refractivity contribution in [1.82, 2.24) is 14.3 Å². The van der Waals surface area contributed by atoms with E-state index in [0.717, 1.165) is 28.6 Å². The van der Waals surface area contributed by atoms with E-state index >= 15 is 0 Å². The summed E-state index contributed by atoms with van der Waals surface area (Å²) in [6, 6.07) is 3.93. The highest BCUT2D eigenvalue weighted by molar-refractivity contribution is 7.89. The molecule has 2 heterocycles. The summed E-state index contributed by atoms with van der Waals surface area (Å²) in [5.41, 5.74) is -2.38. The molecule has 1 aromatic heterocycles. The third kappa shape index (κ3) is 5.46. The molecule has 3 rings (SSSR count). The first-order valence-corrected chi connectivity index (χ1v) is 9.99. The van der Waals surface area contributed by atoms with Gasteiger partial charge in [-0.2, -0.15) is 17.5 Å². The van der Waals surface area contributed by atoms with E-state index in [1.54, 1.807) is 0 Å². The quantitative estimate of drug-likeness (QED) is 0.686. The number of H-pyrrole nitrogens is 1. The zero-order valence-corrected chi connectivity index (χ0v) is 16.2. The van der Waals surface area contributed by atoms with Crippen LogP contribution in [0, 0.1) is 0 Å². The van der Waals surface area contributed by atoms with Gasteiger partial charge in [-0.05, 0) is 24.3 Å². The number of rotatable bonds is 4. The fraction of sp³-hybridized carbons (Fsp3) is 0.375. The number of halogens is 6. The van der Waals surface area contributed by atoms with Crippen molar-refractivity contribution in [3.05, 3.63) is 46.4 Å². The van der Waals surface area contributed by atoms with Crippen LogP contribution in [0.1, 0.15) is 5.69 Å². The Balaban J connectivity index is 1.72. The number of aromatic amines is 1. The van der Waals surface area contributed by atoms with Crippen LogP contribution in [0.4, 0.5) is 32.3 Å². The Morgan fingerprint density at radius 2 is 1.55 bits per heavy atom. The number of piperazine rings is 1. The molecule has 2 aromatic rings. The lowest BCUT2D eigenvalue weighted by molar-refractivity contribution is -0.274. The predicted octanol–water partition coefficient (Wildman–Crippen LogP) is 2.20. The SMILES string of the molecule is O=c1cc(C(F)(F)F)nc(N2CCN(S(=O)(=O)c3ccc(OC(F)(F)F)cc3)CC2)[nH]1. The maximum absolute atomic E-state index is 12.8. The van der Waals surface area contributed by atoms with E-state index in [1.807, 2.05) is 0 Å². The lowest BCUT2D eigenvalue weighted by Crippen LogP contribution is -2.49. The molecule has 1 saturated heterocycles. The Bertz CT molecular complexity index is 1090. The molecule has 8 nitrogen and oxygen atoms in total. The summed E-state index contributed by atoms with van der Waals surface area (Å²) in [5.74, 6) is -0.929. The summed E-state index contributed by atoms with van der Waals surface area (Å²) >= 11 is 0. The van der Waals surface area contributed by atoms with Crippen molar-refractivity contribution >= 4 is 16.0 Å². The van der Waals surface area contributed by atoms with Gasteiger partial charge in [0.15, 0.2) is 5.69 Å². The largest absolute Gasteiger partial charge is 0.573 e. The van der Waals surface area contributed by atoms with Crippen LogP contribution in [-0.4, -0.2) is 55.2 Å². The average molecular weight is 472 g/mol. The summed E-state index contributed by atoms with van der Waals surface area (Å²) in [7, 11) is -4.07. The molecule has 0 atom stereocenters. The minimum Gasteiger partial charge on any atom is -0.406 e. The molecule has 170 valence electrons. The number of anilines is 1. The molecule has 31 heavy (non-hydrogen) atoms. The summed E-state index contributed by atoms with van der Waals surface area (Å²) < 4.78 is 105. The number of nitrogens with zero attached hydrogens (tertiary/aromatic N) is 3. The van der Waals surface area contributed by atoms with E-state index in [4.69, 9.17) is 0 Å². The zero-order valence-electron chi connectivity index (χ0n) is 15.4. The van der Waals surface area contributed by atoms with Crippen LogP contribution >= 0.6 is 0 Å². The highest BCUT2D eigenvalue weighted by Crippen LogP contribution is 2.28. The standard InChI is InChI=1S/C16H14F6N4O4S/c17-15(18,19)12-9-13(27)24-14(23-12)25-5-7-26(8-6-25)31(28,29)11-3-1-10(2-4-11)30-16(20,21)22/h1-4,9H,5-8H2,(H,23,24,27). The molecule has 1 aromatic carbocycles. The summed E-state index contributed by atoms with van der Waals surface area (Å²) in [4.78, 5) is 18.1. The van der Waals surface area contributed by atoms with Crippen LogP contribution in [0.5, 0.6) is 5.75 Å². The van der Waals surface area contributed by atoms with Crippen molar-refractivity contribution in [2.24, 2.45) is 0 Å². The first kappa shape index (κ1) is 22.9. The van der Waals surface area contributed by atoms with Crippen molar-refractivity contribution < 1.29 is 39.5 Å². The first-order chi connectivity index (χ1) is 14.3. The van der Waals surface area contributed by atoms with E-state index in [1.165, 1.54) is 4.90 Å². The topological polar surface area (TPSA) is 95.6 Å². The molecule has 0 unspecified atom stereocenters. The molecule has 0 aliphatic carbocycles. The number of nitrogens with one attached hydrogen (secondary N) is 1. The molecule has 0 spiro atoms. The Kier molecular flexibility index (Phi) is 5.92. The molecular weight excluding hydrogens is 458 g/mol. The highest BCUT2D eigenvalue weighted by Gasteiger charge is 2.35. The van der Waals surface area contributed by atoms with Gasteiger partial charge >= 0.3 is 12.5 Å². The van der Waals surface area contributed by atoms with Crippen LogP contribution in [0.2, 0.25) is 0 Å². The number of sulfonamides is 1. The lowest BCUT2D eigenvalue weighted by Gasteiger charge is -2.34. The molecule has 1 aliphatic heterocycles. The van der Waals surface area contributed by atoms with Crippen LogP contribution in [0.3, 0.4) is 0 Å². The smallest absolute Gasteiger partial charge is 0.406 e. The fourth-order valence-corrected chi connectivity index (χ4v) is 4.26. The van der Waals surface area contributed by atoms with Gasteiger partial charge in [0, 0.05) is 32.2 Å². The van der Waals surface area contributed by atoms with Gasteiger partial charge in [0.05, 0.1) is 4.90 Å². The van der Waals surface area contributed by atoms with Gasteiger partial charge in [0.2, 0.25) is 16.0 Å². The number of aromatic nitrogens is 2. The van der Waals surface area contributed by atoms with Gasteiger partial charge in [0.1, 0.15) is 5.75 Å². The number of hydrogen-bond donors (Lipinski definition) is 1. The second-order valence-corrected chi connectivity index (χ2v) is 8.30. The van der Waals surface area contributed by atoms with Gasteiger partial charge in [-0.25, -0.2) is 13.4 Å². The molecule has 1 fully saturated rings. The lowest BCUT2D eigenvalue weighted by atomic mass is 10.3. The predicted molar refractivity (Wildman–Crippen MR) is 94.0 cm³/mol. The third-order valence-electron chi connectivity index (χ3n) is 4.25. The summed E-state index contributed by atoms with van der Waals surface area (Å²) in [6.07, 6.45) is -9.74. The number of benzene rings is 1. The molecule has 15 heteroatoms. The van der Waals surface area contributed by atoms with Gasteiger partial charge in [-0.3, -0.25) is 9.78 Å². The van der Waals surface area contributed by atoms with Gasteiger partial charge in [-0.1, -0.05) is 0 Å². The number of ether oxygens (including phenoxy) is 1. The van der Waals surface area contributed by atoms with Crippen LogP contribution < -0.4 is 15.2 Å². The molecule has 1 aliphatic rings. The molecule has 0 saturated carbocycles. The van der Waals surface area contributed by atoms with Crippen molar-refractivity contribution in [2.75, 3.05) is 31.1 Å². The molecular formula is C16H14F6N4O4S. The summed E-state index contributed by atoms with van der Waals surface area (Å²) in [5, 5.41) is 0. The van der Waals surface area contributed by atoms with E-state index < -0.39 is 39.6 Å². The normalized spacial score (nSPS) is 16.4.